The van der Waals surface area contributed by atoms with Crippen LogP contribution in [0.2, 0.25) is 0 Å². The predicted octanol–water partition coefficient (Wildman–Crippen LogP) is 7.15. The second kappa shape index (κ2) is 11.9. The summed E-state index contributed by atoms with van der Waals surface area (Å²) in [4.78, 5) is 14.2. The van der Waals surface area contributed by atoms with E-state index in [4.69, 9.17) is 9.47 Å². The molecule has 1 fully saturated rings. The number of rotatable bonds is 8. The van der Waals surface area contributed by atoms with E-state index in [2.05, 4.69) is 99.6 Å². The molecule has 0 heterocycles. The summed E-state index contributed by atoms with van der Waals surface area (Å²) in [6.45, 7) is 6.80. The zero-order valence-electron chi connectivity index (χ0n) is 23.5. The van der Waals surface area contributed by atoms with Gasteiger partial charge < -0.3 is 9.47 Å². The Hall–Kier alpha value is -3.16. The Bertz CT molecular complexity index is 1410. The van der Waals surface area contributed by atoms with Crippen LogP contribution in [0, 0.1) is 17.8 Å². The van der Waals surface area contributed by atoms with Crippen molar-refractivity contribution in [1.29, 1.82) is 0 Å². The van der Waals surface area contributed by atoms with Crippen molar-refractivity contribution in [1.82, 2.24) is 0 Å². The molecule has 0 N–H and O–H groups in total. The van der Waals surface area contributed by atoms with Crippen LogP contribution in [-0.2, 0) is 9.53 Å². The van der Waals surface area contributed by atoms with Gasteiger partial charge in [0.2, 0.25) is 0 Å². The van der Waals surface area contributed by atoms with Gasteiger partial charge in [-0.05, 0) is 66.3 Å². The highest BCUT2D eigenvalue weighted by molar-refractivity contribution is 7.96. The number of esters is 1. The Morgan fingerprint density at radius 3 is 2.33 bits per heavy atom. The summed E-state index contributed by atoms with van der Waals surface area (Å²) in [6.07, 6.45) is 3.55. The second-order valence-corrected chi connectivity index (χ2v) is 14.8. The van der Waals surface area contributed by atoms with Gasteiger partial charge in [0.1, 0.15) is 35.0 Å². The summed E-state index contributed by atoms with van der Waals surface area (Å²) < 4.78 is 12.2. The number of ether oxygens (including phenoxy) is 2. The molecule has 4 aromatic carbocycles. The maximum absolute atomic E-state index is 14.2. The van der Waals surface area contributed by atoms with Gasteiger partial charge in [-0.25, -0.2) is 4.79 Å². The number of hydrogen-bond donors (Lipinski definition) is 0. The minimum atomic E-state index is -2.48. The van der Waals surface area contributed by atoms with Crippen LogP contribution in [-0.4, -0.2) is 25.3 Å². The summed E-state index contributed by atoms with van der Waals surface area (Å²) in [7, 11) is -0.777. The fourth-order valence-corrected chi connectivity index (χ4v) is 10.6. The van der Waals surface area contributed by atoms with Crippen molar-refractivity contribution in [3.8, 4) is 5.75 Å². The lowest BCUT2D eigenvalue weighted by molar-refractivity contribution is -0.152. The van der Waals surface area contributed by atoms with Gasteiger partial charge in [-0.3, -0.25) is 0 Å². The fraction of sp³-hybridized carbons (Fsp3) is 0.343. The standard InChI is InChI=1S/C35H40O3P/c1-25(2)31-21-20-26(3)22-33(31)38-35(36)24-39(29-15-6-5-7-16-29,30-17-11-14-28(23-30)37-4)34-19-10-13-27-12-8-9-18-32(27)34/h5-19,23,25-26,31,33H,20-22,24H2,1-4H3/q+1/t26-,31+,33-,39?/m1/s1. The lowest BCUT2D eigenvalue weighted by Gasteiger charge is -2.37. The molecule has 4 heteroatoms. The lowest BCUT2D eigenvalue weighted by atomic mass is 9.75. The Balaban J connectivity index is 1.68. The Morgan fingerprint density at radius 1 is 0.872 bits per heavy atom. The molecule has 0 aromatic heterocycles. The second-order valence-electron chi connectivity index (χ2n) is 11.4. The number of carbonyl (C=O) groups is 1. The number of carbonyl (C=O) groups excluding carboxylic acids is 1. The number of methoxy groups -OCH3 is 1. The molecule has 1 aliphatic carbocycles. The van der Waals surface area contributed by atoms with Gasteiger partial charge >= 0.3 is 5.97 Å². The molecule has 0 aliphatic heterocycles. The molecule has 4 atom stereocenters. The molecule has 1 aliphatic rings. The van der Waals surface area contributed by atoms with Crippen LogP contribution in [0.5, 0.6) is 5.75 Å². The highest BCUT2D eigenvalue weighted by Gasteiger charge is 2.50. The van der Waals surface area contributed by atoms with E-state index in [1.54, 1.807) is 7.11 Å². The van der Waals surface area contributed by atoms with E-state index in [0.717, 1.165) is 23.9 Å². The van der Waals surface area contributed by atoms with E-state index >= 15 is 0 Å². The molecule has 0 bridgehead atoms. The lowest BCUT2D eigenvalue weighted by Crippen LogP contribution is -2.40. The summed E-state index contributed by atoms with van der Waals surface area (Å²) in [6, 6.07) is 33.9. The van der Waals surface area contributed by atoms with Gasteiger partial charge in [0.15, 0.2) is 6.16 Å². The molecule has 0 spiro atoms. The van der Waals surface area contributed by atoms with Crippen molar-refractivity contribution in [3.63, 3.8) is 0 Å². The largest absolute Gasteiger partial charge is 0.497 e. The number of benzene rings is 4. The van der Waals surface area contributed by atoms with Crippen molar-refractivity contribution in [2.24, 2.45) is 17.8 Å². The zero-order chi connectivity index (χ0) is 27.4. The topological polar surface area (TPSA) is 35.5 Å². The average Bonchev–Trinajstić information content (AvgIpc) is 2.96. The molecule has 0 amide bonds. The van der Waals surface area contributed by atoms with E-state index in [0.29, 0.717) is 23.9 Å². The molecular formula is C35H40O3P+. The van der Waals surface area contributed by atoms with E-state index in [1.807, 2.05) is 18.2 Å². The Labute approximate surface area is 233 Å². The molecule has 3 nitrogen and oxygen atoms in total. The molecular weight excluding hydrogens is 499 g/mol. The van der Waals surface area contributed by atoms with E-state index in [9.17, 15) is 4.79 Å². The summed E-state index contributed by atoms with van der Waals surface area (Å²) in [5, 5.41) is 5.85. The minimum Gasteiger partial charge on any atom is -0.497 e. The number of fused-ring (bicyclic) bond motifs is 1. The monoisotopic (exact) mass is 539 g/mol. The molecule has 5 rings (SSSR count). The third-order valence-electron chi connectivity index (χ3n) is 8.48. The van der Waals surface area contributed by atoms with Crippen LogP contribution in [0.3, 0.4) is 0 Å². The van der Waals surface area contributed by atoms with Crippen molar-refractivity contribution in [2.75, 3.05) is 13.3 Å². The summed E-state index contributed by atoms with van der Waals surface area (Å²) in [5.41, 5.74) is 0. The van der Waals surface area contributed by atoms with E-state index in [1.165, 1.54) is 27.8 Å². The van der Waals surface area contributed by atoms with Crippen LogP contribution >= 0.6 is 7.26 Å². The molecule has 4 aromatic rings. The molecule has 0 radical (unpaired) electrons. The van der Waals surface area contributed by atoms with Crippen LogP contribution in [0.1, 0.15) is 40.0 Å². The van der Waals surface area contributed by atoms with Crippen LogP contribution in [0.25, 0.3) is 10.8 Å². The van der Waals surface area contributed by atoms with Gasteiger partial charge in [0.25, 0.3) is 0 Å². The SMILES string of the molecule is COc1cccc([P+](CC(=O)O[C@@H]2C[C@H](C)CC[C@H]2C(C)C)(c2ccccc2)c2cccc3ccccc23)c1. The molecule has 1 unspecified atom stereocenters. The first kappa shape index (κ1) is 27.4. The van der Waals surface area contributed by atoms with Crippen LogP contribution in [0.4, 0.5) is 0 Å². The molecule has 1 saturated carbocycles. The average molecular weight is 540 g/mol. The molecule has 39 heavy (non-hydrogen) atoms. The van der Waals surface area contributed by atoms with Gasteiger partial charge in [-0.1, -0.05) is 87.9 Å². The zero-order valence-corrected chi connectivity index (χ0v) is 24.4. The normalized spacial score (nSPS) is 20.9. The fourth-order valence-electron chi connectivity index (χ4n) is 6.42. The van der Waals surface area contributed by atoms with Gasteiger partial charge in [0, 0.05) is 11.5 Å². The van der Waals surface area contributed by atoms with Crippen molar-refractivity contribution < 1.29 is 14.3 Å². The van der Waals surface area contributed by atoms with E-state index in [-0.39, 0.29) is 12.1 Å². The third kappa shape index (κ3) is 5.61. The highest BCUT2D eigenvalue weighted by Crippen LogP contribution is 2.57. The first-order valence-electron chi connectivity index (χ1n) is 14.2. The third-order valence-corrected chi connectivity index (χ3v) is 12.8. The van der Waals surface area contributed by atoms with Crippen molar-refractivity contribution in [2.45, 2.75) is 46.1 Å². The minimum absolute atomic E-state index is 0.0308. The Morgan fingerprint density at radius 2 is 1.56 bits per heavy atom. The molecule has 0 saturated heterocycles. The summed E-state index contributed by atoms with van der Waals surface area (Å²) >= 11 is 0. The quantitative estimate of drug-likeness (QED) is 0.176. The maximum Gasteiger partial charge on any atom is 0.345 e. The number of hydrogen-bond acceptors (Lipinski definition) is 3. The smallest absolute Gasteiger partial charge is 0.345 e. The maximum atomic E-state index is 14.2. The van der Waals surface area contributed by atoms with Crippen molar-refractivity contribution in [3.05, 3.63) is 97.1 Å². The summed E-state index contributed by atoms with van der Waals surface area (Å²) in [5.74, 6) is 2.16. The predicted molar refractivity (Wildman–Crippen MR) is 165 cm³/mol. The van der Waals surface area contributed by atoms with Gasteiger partial charge in [0.05, 0.1) is 7.11 Å². The van der Waals surface area contributed by atoms with E-state index < -0.39 is 7.26 Å². The first-order chi connectivity index (χ1) is 18.9. The van der Waals surface area contributed by atoms with Gasteiger partial charge in [-0.15, -0.1) is 0 Å². The first-order valence-corrected chi connectivity index (χ1v) is 16.2. The van der Waals surface area contributed by atoms with Crippen LogP contribution < -0.4 is 20.7 Å². The molecule has 202 valence electrons. The highest BCUT2D eigenvalue weighted by atomic mass is 31.2. The van der Waals surface area contributed by atoms with Gasteiger partial charge in [-0.2, -0.15) is 0 Å². The van der Waals surface area contributed by atoms with Crippen molar-refractivity contribution >= 4 is 39.9 Å². The Kier molecular flexibility index (Phi) is 8.38. The van der Waals surface area contributed by atoms with Crippen LogP contribution in [0.15, 0.2) is 97.1 Å².